The predicted molar refractivity (Wildman–Crippen MR) is 140 cm³/mol. The van der Waals surface area contributed by atoms with Crippen molar-refractivity contribution in [3.8, 4) is 11.1 Å². The minimum atomic E-state index is -0.216. The highest BCUT2D eigenvalue weighted by Gasteiger charge is 2.27. The number of carbonyl (C=O) groups is 2. The molecule has 8 nitrogen and oxygen atoms in total. The fourth-order valence-electron chi connectivity index (χ4n) is 4.65. The molecule has 4 rings (SSSR count). The third kappa shape index (κ3) is 6.18. The van der Waals surface area contributed by atoms with Crippen molar-refractivity contribution in [2.45, 2.75) is 39.3 Å². The number of rotatable bonds is 8. The Balaban J connectivity index is 1.46. The van der Waals surface area contributed by atoms with E-state index in [2.05, 4.69) is 46.1 Å². The molecule has 0 spiro atoms. The van der Waals surface area contributed by atoms with Crippen molar-refractivity contribution in [2.24, 2.45) is 5.92 Å². The third-order valence-electron chi connectivity index (χ3n) is 6.39. The Labute approximate surface area is 213 Å². The smallest absolute Gasteiger partial charge is 0.253 e. The summed E-state index contributed by atoms with van der Waals surface area (Å²) < 4.78 is 2.09. The fourth-order valence-corrected chi connectivity index (χ4v) is 4.65. The lowest BCUT2D eigenvalue weighted by molar-refractivity contribution is -0.122. The van der Waals surface area contributed by atoms with Gasteiger partial charge in [-0.1, -0.05) is 56.3 Å². The molecule has 2 aromatic carbocycles. The van der Waals surface area contributed by atoms with Crippen molar-refractivity contribution in [3.05, 3.63) is 71.8 Å². The Morgan fingerprint density at radius 1 is 0.944 bits per heavy atom. The lowest BCUT2D eigenvalue weighted by atomic mass is 10.0. The maximum absolute atomic E-state index is 13.3. The minimum Gasteiger partial charge on any atom is -0.345 e. The van der Waals surface area contributed by atoms with Crippen molar-refractivity contribution in [3.63, 3.8) is 0 Å². The molecule has 0 radical (unpaired) electrons. The molecule has 2 amide bonds. The van der Waals surface area contributed by atoms with E-state index in [-0.39, 0.29) is 17.9 Å². The number of carbonyl (C=O) groups excluding carboxylic acids is 2. The molecule has 0 saturated heterocycles. The zero-order chi connectivity index (χ0) is 25.7. The van der Waals surface area contributed by atoms with E-state index in [4.69, 9.17) is 0 Å². The summed E-state index contributed by atoms with van der Waals surface area (Å²) in [4.78, 5) is 29.6. The highest BCUT2D eigenvalue weighted by molar-refractivity contribution is 5.94. The van der Waals surface area contributed by atoms with E-state index in [1.165, 1.54) is 0 Å². The zero-order valence-electron chi connectivity index (χ0n) is 21.6. The van der Waals surface area contributed by atoms with E-state index in [1.54, 1.807) is 0 Å². The molecule has 0 aliphatic carbocycles. The third-order valence-corrected chi connectivity index (χ3v) is 6.39. The summed E-state index contributed by atoms with van der Waals surface area (Å²) in [7, 11) is 3.75. The molecule has 8 heteroatoms. The molecular formula is C28H36N6O2. The maximum atomic E-state index is 13.3. The standard InChI is InChI=1S/C28H36N6O2/c1-20(2)18-24(29-26(35)19-32(3)4)27-31-30-25-14-15-33(16-17-34(25)27)28(36)23-12-10-22(11-13-23)21-8-6-5-7-9-21/h5-13,20,24H,14-19H2,1-4H3,(H,29,35)/t24-/m1/s1. The van der Waals surface area contributed by atoms with Gasteiger partial charge in [0.15, 0.2) is 5.82 Å². The summed E-state index contributed by atoms with van der Waals surface area (Å²) in [5, 5.41) is 12.1. The number of likely N-dealkylation sites (N-methyl/N-ethyl adjacent to an activating group) is 1. The summed E-state index contributed by atoms with van der Waals surface area (Å²) >= 11 is 0. The molecule has 3 aromatic rings. The Bertz CT molecular complexity index is 1170. The lowest BCUT2D eigenvalue weighted by Gasteiger charge is -2.23. The van der Waals surface area contributed by atoms with Gasteiger partial charge in [-0.05, 0) is 49.7 Å². The van der Waals surface area contributed by atoms with Crippen LogP contribution in [0, 0.1) is 5.92 Å². The maximum Gasteiger partial charge on any atom is 0.253 e. The quantitative estimate of drug-likeness (QED) is 0.525. The molecule has 1 atom stereocenters. The van der Waals surface area contributed by atoms with Gasteiger partial charge in [-0.3, -0.25) is 9.59 Å². The van der Waals surface area contributed by atoms with Crippen LogP contribution < -0.4 is 5.32 Å². The first-order valence-corrected chi connectivity index (χ1v) is 12.6. The SMILES string of the molecule is CC(C)C[C@@H](NC(=O)CN(C)C)c1nnc2n1CCN(C(=O)c1ccc(-c3ccccc3)cc1)CC2. The van der Waals surface area contributed by atoms with Crippen LogP contribution in [-0.2, 0) is 17.8 Å². The lowest BCUT2D eigenvalue weighted by Crippen LogP contribution is -2.38. The van der Waals surface area contributed by atoms with Gasteiger partial charge in [0.2, 0.25) is 5.91 Å². The Morgan fingerprint density at radius 3 is 2.31 bits per heavy atom. The van der Waals surface area contributed by atoms with Gasteiger partial charge in [0.1, 0.15) is 5.82 Å². The normalized spacial score (nSPS) is 14.4. The molecule has 0 unspecified atom stereocenters. The Kier molecular flexibility index (Phi) is 8.15. The van der Waals surface area contributed by atoms with E-state index >= 15 is 0 Å². The first-order valence-electron chi connectivity index (χ1n) is 12.6. The number of hydrogen-bond donors (Lipinski definition) is 1. The molecule has 1 aromatic heterocycles. The molecule has 0 saturated carbocycles. The number of nitrogens with one attached hydrogen (secondary N) is 1. The Hall–Kier alpha value is -3.52. The van der Waals surface area contributed by atoms with E-state index in [9.17, 15) is 9.59 Å². The van der Waals surface area contributed by atoms with Crippen molar-refractivity contribution < 1.29 is 9.59 Å². The highest BCUT2D eigenvalue weighted by Crippen LogP contribution is 2.24. The first-order chi connectivity index (χ1) is 17.3. The first kappa shape index (κ1) is 25.6. The average Bonchev–Trinajstić information content (AvgIpc) is 3.14. The summed E-state index contributed by atoms with van der Waals surface area (Å²) in [6, 6.07) is 17.7. The molecule has 0 bridgehead atoms. The van der Waals surface area contributed by atoms with E-state index < -0.39 is 0 Å². The Morgan fingerprint density at radius 2 is 1.64 bits per heavy atom. The minimum absolute atomic E-state index is 0.0212. The molecule has 0 fully saturated rings. The summed E-state index contributed by atoms with van der Waals surface area (Å²) in [5.74, 6) is 1.99. The summed E-state index contributed by atoms with van der Waals surface area (Å²) in [5.41, 5.74) is 2.90. The summed E-state index contributed by atoms with van der Waals surface area (Å²) in [6.45, 7) is 6.34. The molecule has 190 valence electrons. The van der Waals surface area contributed by atoms with Gasteiger partial charge in [0.25, 0.3) is 5.91 Å². The highest BCUT2D eigenvalue weighted by atomic mass is 16.2. The van der Waals surface area contributed by atoms with Gasteiger partial charge in [-0.15, -0.1) is 10.2 Å². The molecule has 36 heavy (non-hydrogen) atoms. The van der Waals surface area contributed by atoms with Crippen molar-refractivity contribution in [2.75, 3.05) is 33.7 Å². The van der Waals surface area contributed by atoms with Gasteiger partial charge in [0, 0.05) is 31.6 Å². The van der Waals surface area contributed by atoms with E-state index in [1.807, 2.05) is 66.4 Å². The molecule has 1 aliphatic rings. The number of benzene rings is 2. The van der Waals surface area contributed by atoms with Gasteiger partial charge < -0.3 is 19.7 Å². The van der Waals surface area contributed by atoms with Crippen LogP contribution in [0.3, 0.4) is 0 Å². The van der Waals surface area contributed by atoms with Crippen LogP contribution in [-0.4, -0.2) is 70.1 Å². The topological polar surface area (TPSA) is 83.4 Å². The van der Waals surface area contributed by atoms with Crippen LogP contribution >= 0.6 is 0 Å². The van der Waals surface area contributed by atoms with Crippen LogP contribution in [0.1, 0.15) is 48.3 Å². The van der Waals surface area contributed by atoms with Gasteiger partial charge in [-0.25, -0.2) is 0 Å². The summed E-state index contributed by atoms with van der Waals surface area (Å²) in [6.07, 6.45) is 1.40. The van der Waals surface area contributed by atoms with Gasteiger partial charge in [0.05, 0.1) is 12.6 Å². The number of fused-ring (bicyclic) bond motifs is 1. The van der Waals surface area contributed by atoms with Crippen LogP contribution in [0.5, 0.6) is 0 Å². The number of aromatic nitrogens is 3. The van der Waals surface area contributed by atoms with Crippen LogP contribution in [0.4, 0.5) is 0 Å². The zero-order valence-corrected chi connectivity index (χ0v) is 21.6. The van der Waals surface area contributed by atoms with Crippen molar-refractivity contribution in [1.29, 1.82) is 0 Å². The van der Waals surface area contributed by atoms with Crippen molar-refractivity contribution in [1.82, 2.24) is 29.9 Å². The molecule has 1 aliphatic heterocycles. The molecule has 2 heterocycles. The number of nitrogens with zero attached hydrogens (tertiary/aromatic N) is 5. The van der Waals surface area contributed by atoms with Gasteiger partial charge >= 0.3 is 0 Å². The molecular weight excluding hydrogens is 452 g/mol. The van der Waals surface area contributed by atoms with Crippen LogP contribution in [0.25, 0.3) is 11.1 Å². The second kappa shape index (κ2) is 11.5. The van der Waals surface area contributed by atoms with Crippen LogP contribution in [0.15, 0.2) is 54.6 Å². The van der Waals surface area contributed by atoms with Crippen LogP contribution in [0.2, 0.25) is 0 Å². The largest absolute Gasteiger partial charge is 0.345 e. The fraction of sp³-hybridized carbons (Fsp3) is 0.429. The van der Waals surface area contributed by atoms with Gasteiger partial charge in [-0.2, -0.15) is 0 Å². The number of amides is 2. The monoisotopic (exact) mass is 488 g/mol. The second-order valence-electron chi connectivity index (χ2n) is 10.1. The van der Waals surface area contributed by atoms with E-state index in [0.29, 0.717) is 44.1 Å². The average molecular weight is 489 g/mol. The second-order valence-corrected chi connectivity index (χ2v) is 10.1. The number of hydrogen-bond acceptors (Lipinski definition) is 5. The molecule has 1 N–H and O–H groups in total. The van der Waals surface area contributed by atoms with Crippen molar-refractivity contribution >= 4 is 11.8 Å². The van der Waals surface area contributed by atoms with E-state index in [0.717, 1.165) is 29.2 Å². The predicted octanol–water partition coefficient (Wildman–Crippen LogP) is 3.41.